The Kier molecular flexibility index (Phi) is 10.1. The van der Waals surface area contributed by atoms with Crippen LogP contribution in [0.15, 0.2) is 24.7 Å². The number of aromatic nitrogens is 6. The van der Waals surface area contributed by atoms with Gasteiger partial charge in [0, 0.05) is 25.2 Å². The van der Waals surface area contributed by atoms with Gasteiger partial charge in [0.2, 0.25) is 11.7 Å². The normalized spacial score (nSPS) is 17.6. The summed E-state index contributed by atoms with van der Waals surface area (Å²) in [4.78, 5) is 17.4. The van der Waals surface area contributed by atoms with E-state index in [9.17, 15) is 0 Å². The van der Waals surface area contributed by atoms with Crippen molar-refractivity contribution in [1.82, 2.24) is 29.3 Å². The van der Waals surface area contributed by atoms with Gasteiger partial charge in [0.25, 0.3) is 0 Å². The highest BCUT2D eigenvalue weighted by Crippen LogP contribution is 2.41. The van der Waals surface area contributed by atoms with Crippen LogP contribution < -0.4 is 24.4 Å². The number of hydrogen-bond acceptors (Lipinski definition) is 10. The average Bonchev–Trinajstić information content (AvgIpc) is 3.82. The third-order valence-corrected chi connectivity index (χ3v) is 15.3. The number of methoxy groups -OCH3 is 3. The Morgan fingerprint density at radius 2 is 1.65 bits per heavy atom. The van der Waals surface area contributed by atoms with Crippen molar-refractivity contribution in [3.63, 3.8) is 0 Å². The summed E-state index contributed by atoms with van der Waals surface area (Å²) in [5.74, 6) is 4.32. The fourth-order valence-electron chi connectivity index (χ4n) is 6.90. The van der Waals surface area contributed by atoms with Crippen molar-refractivity contribution in [1.29, 1.82) is 0 Å². The van der Waals surface area contributed by atoms with Gasteiger partial charge in [-0.25, -0.2) is 9.67 Å². The van der Waals surface area contributed by atoms with E-state index in [-0.39, 0.29) is 11.1 Å². The largest absolute Gasteiger partial charge is 0.493 e. The summed E-state index contributed by atoms with van der Waals surface area (Å²) >= 11 is 0. The van der Waals surface area contributed by atoms with E-state index in [0.29, 0.717) is 41.5 Å². The molecule has 1 saturated carbocycles. The van der Waals surface area contributed by atoms with Crippen LogP contribution in [0.4, 0.5) is 17.6 Å². The zero-order valence-electron chi connectivity index (χ0n) is 30.8. The molecule has 266 valence electrons. The number of rotatable bonds is 12. The van der Waals surface area contributed by atoms with E-state index < -0.39 is 8.32 Å². The molecule has 6 rings (SSSR count). The maximum Gasteiger partial charge on any atom is 0.232 e. The number of nitrogens with one attached hydrogen (secondary N) is 1. The van der Waals surface area contributed by atoms with E-state index in [1.807, 2.05) is 22.9 Å². The summed E-state index contributed by atoms with van der Waals surface area (Å²) in [5, 5.41) is 9.69. The van der Waals surface area contributed by atoms with Gasteiger partial charge >= 0.3 is 0 Å². The number of benzene rings is 1. The van der Waals surface area contributed by atoms with Crippen LogP contribution in [0.2, 0.25) is 18.1 Å². The third-order valence-electron chi connectivity index (χ3n) is 10.8. The van der Waals surface area contributed by atoms with E-state index in [1.165, 1.54) is 32.1 Å². The SMILES string of the molecule is COc1cc(-n2cnc(Nc3nc(N4CCC[C@H]4CO[Si](C)(C)C(C)(C)C)c4c(C)nn(CC5CCCCC5)c4n3)c2)cc(OC)c1OC. The Morgan fingerprint density at radius 3 is 2.31 bits per heavy atom. The lowest BCUT2D eigenvalue weighted by Crippen LogP contribution is -2.45. The molecule has 1 aliphatic heterocycles. The van der Waals surface area contributed by atoms with Crippen molar-refractivity contribution in [3.8, 4) is 22.9 Å². The number of anilines is 3. The lowest BCUT2D eigenvalue weighted by Gasteiger charge is -2.38. The van der Waals surface area contributed by atoms with E-state index in [0.717, 1.165) is 54.2 Å². The molecule has 4 aromatic rings. The van der Waals surface area contributed by atoms with Crippen molar-refractivity contribution < 1.29 is 18.6 Å². The molecule has 4 heterocycles. The van der Waals surface area contributed by atoms with Gasteiger partial charge in [-0.3, -0.25) is 0 Å². The number of hydrogen-bond donors (Lipinski definition) is 1. The smallest absolute Gasteiger partial charge is 0.232 e. The van der Waals surface area contributed by atoms with Crippen molar-refractivity contribution in [2.75, 3.05) is 44.7 Å². The molecule has 1 N–H and O–H groups in total. The second-order valence-electron chi connectivity index (χ2n) is 15.1. The molecule has 1 saturated heterocycles. The second kappa shape index (κ2) is 14.2. The predicted molar refractivity (Wildman–Crippen MR) is 197 cm³/mol. The van der Waals surface area contributed by atoms with Gasteiger partial charge in [-0.15, -0.1) is 0 Å². The average molecular weight is 691 g/mol. The first kappa shape index (κ1) is 35.0. The van der Waals surface area contributed by atoms with Crippen LogP contribution in [-0.2, 0) is 11.0 Å². The zero-order valence-corrected chi connectivity index (χ0v) is 31.8. The fourth-order valence-corrected chi connectivity index (χ4v) is 7.94. The summed E-state index contributed by atoms with van der Waals surface area (Å²) in [5.41, 5.74) is 2.65. The molecule has 3 aromatic heterocycles. The molecule has 1 aromatic carbocycles. The zero-order chi connectivity index (χ0) is 34.9. The van der Waals surface area contributed by atoms with Gasteiger partial charge < -0.3 is 33.4 Å². The van der Waals surface area contributed by atoms with E-state index in [4.69, 9.17) is 33.7 Å². The Bertz CT molecular complexity index is 1730. The molecule has 1 aliphatic carbocycles. The minimum Gasteiger partial charge on any atom is -0.493 e. The number of fused-ring (bicyclic) bond motifs is 1. The summed E-state index contributed by atoms with van der Waals surface area (Å²) in [6.07, 6.45) is 12.2. The molecule has 13 heteroatoms. The standard InChI is InChI=1S/C36H54N8O4Si/c1-24-31-33(43-17-13-16-26(43)22-48-49(8,9)36(2,3)4)39-35(40-34(31)44(41-24)20-25-14-11-10-12-15-25)38-30-21-42(23-37-30)27-18-28(45-5)32(47-7)29(19-27)46-6/h18-19,21,23,25-26H,10-17,20,22H2,1-9H3,(H,38,39,40)/t26-/m0/s1. The van der Waals surface area contributed by atoms with Crippen molar-refractivity contribution >= 4 is 36.9 Å². The Hall–Kier alpha value is -3.84. The number of nitrogens with zero attached hydrogens (tertiary/aromatic N) is 7. The molecular formula is C36H54N8O4Si. The summed E-state index contributed by atoms with van der Waals surface area (Å²) in [7, 11) is 2.90. The molecule has 1 atom stereocenters. The molecule has 0 spiro atoms. The molecule has 0 bridgehead atoms. The van der Waals surface area contributed by atoms with Gasteiger partial charge in [0.05, 0.1) is 56.9 Å². The van der Waals surface area contributed by atoms with Gasteiger partial charge in [0.1, 0.15) is 12.1 Å². The topological polar surface area (TPSA) is 114 Å². The summed E-state index contributed by atoms with van der Waals surface area (Å²) in [6.45, 7) is 16.1. The monoisotopic (exact) mass is 690 g/mol. The quantitative estimate of drug-likeness (QED) is 0.149. The Morgan fingerprint density at radius 1 is 0.939 bits per heavy atom. The van der Waals surface area contributed by atoms with Gasteiger partial charge in [-0.2, -0.15) is 15.1 Å². The molecule has 0 amide bonds. The maximum atomic E-state index is 6.77. The third kappa shape index (κ3) is 7.23. The molecule has 2 aliphatic rings. The van der Waals surface area contributed by atoms with Crippen molar-refractivity contribution in [3.05, 3.63) is 30.4 Å². The first-order valence-electron chi connectivity index (χ1n) is 17.7. The van der Waals surface area contributed by atoms with Crippen LogP contribution in [0.5, 0.6) is 17.2 Å². The van der Waals surface area contributed by atoms with E-state index in [1.54, 1.807) is 27.7 Å². The molecule has 12 nitrogen and oxygen atoms in total. The van der Waals surface area contributed by atoms with Crippen LogP contribution in [-0.4, -0.2) is 78.1 Å². The summed E-state index contributed by atoms with van der Waals surface area (Å²) in [6, 6.07) is 4.01. The minimum atomic E-state index is -1.92. The first-order chi connectivity index (χ1) is 23.4. The Labute approximate surface area is 291 Å². The van der Waals surface area contributed by atoms with E-state index in [2.05, 4.69) is 60.7 Å². The van der Waals surface area contributed by atoms with E-state index >= 15 is 0 Å². The van der Waals surface area contributed by atoms with Crippen LogP contribution in [0.1, 0.15) is 71.4 Å². The van der Waals surface area contributed by atoms with Crippen molar-refractivity contribution in [2.45, 2.75) is 103 Å². The molecule has 2 fully saturated rings. The first-order valence-corrected chi connectivity index (χ1v) is 20.6. The highest BCUT2D eigenvalue weighted by atomic mass is 28.4. The lowest BCUT2D eigenvalue weighted by molar-refractivity contribution is 0.263. The van der Waals surface area contributed by atoms with Crippen LogP contribution in [0.25, 0.3) is 16.7 Å². The Balaban J connectivity index is 1.36. The highest BCUT2D eigenvalue weighted by Gasteiger charge is 2.39. The fraction of sp³-hybridized carbons (Fsp3) is 0.611. The predicted octanol–water partition coefficient (Wildman–Crippen LogP) is 7.66. The van der Waals surface area contributed by atoms with Crippen LogP contribution >= 0.6 is 0 Å². The van der Waals surface area contributed by atoms with Gasteiger partial charge in [-0.1, -0.05) is 40.0 Å². The molecule has 0 radical (unpaired) electrons. The van der Waals surface area contributed by atoms with Gasteiger partial charge in [-0.05, 0) is 56.7 Å². The lowest BCUT2D eigenvalue weighted by atomic mass is 9.89. The van der Waals surface area contributed by atoms with Crippen LogP contribution in [0, 0.1) is 12.8 Å². The molecular weight excluding hydrogens is 637 g/mol. The van der Waals surface area contributed by atoms with Crippen molar-refractivity contribution in [2.24, 2.45) is 5.92 Å². The number of imidazole rings is 1. The molecule has 0 unspecified atom stereocenters. The number of ether oxygens (including phenoxy) is 3. The van der Waals surface area contributed by atoms with Gasteiger partial charge in [0.15, 0.2) is 31.3 Å². The minimum absolute atomic E-state index is 0.151. The van der Waals surface area contributed by atoms with Crippen LogP contribution in [0.3, 0.4) is 0 Å². The second-order valence-corrected chi connectivity index (χ2v) is 19.9. The summed E-state index contributed by atoms with van der Waals surface area (Å²) < 4.78 is 27.5. The number of aryl methyl sites for hydroxylation is 1. The highest BCUT2D eigenvalue weighted by molar-refractivity contribution is 6.74. The molecule has 49 heavy (non-hydrogen) atoms. The maximum absolute atomic E-state index is 6.77.